The van der Waals surface area contributed by atoms with Crippen LogP contribution in [0, 0.1) is 18.6 Å². The second kappa shape index (κ2) is 13.2. The number of anilines is 1. The summed E-state index contributed by atoms with van der Waals surface area (Å²) in [5.41, 5.74) is 2.38. The molecule has 1 unspecified atom stereocenters. The summed E-state index contributed by atoms with van der Waals surface area (Å²) >= 11 is 0. The molecule has 4 rings (SSSR count). The second-order valence-corrected chi connectivity index (χ2v) is 12.5. The third kappa shape index (κ3) is 8.13. The molecule has 0 spiro atoms. The quantitative estimate of drug-likeness (QED) is 0.354. The second-order valence-electron chi connectivity index (χ2n) is 10.6. The number of nitrogens with zero attached hydrogens (tertiary/aromatic N) is 2. The smallest absolute Gasteiger partial charge is 0.244 e. The first-order chi connectivity index (χ1) is 19.5. The molecule has 0 heterocycles. The van der Waals surface area contributed by atoms with Crippen LogP contribution in [0.2, 0.25) is 0 Å². The van der Waals surface area contributed by atoms with Crippen LogP contribution >= 0.6 is 0 Å². The molecule has 218 valence electrons. The Kier molecular flexibility index (Phi) is 9.75. The predicted molar refractivity (Wildman–Crippen MR) is 155 cm³/mol. The molecule has 1 saturated carbocycles. The number of hydrogen-bond donors (Lipinski definition) is 1. The van der Waals surface area contributed by atoms with Gasteiger partial charge in [0.15, 0.2) is 11.6 Å². The van der Waals surface area contributed by atoms with Crippen molar-refractivity contribution >= 4 is 27.5 Å². The molecule has 3 aromatic carbocycles. The number of rotatable bonds is 11. The molecule has 10 heteroatoms. The largest absolute Gasteiger partial charge is 0.352 e. The fraction of sp³-hybridized carbons (Fsp3) is 0.355. The van der Waals surface area contributed by atoms with Crippen molar-refractivity contribution in [2.45, 2.75) is 57.7 Å². The number of hydrogen-bond acceptors (Lipinski definition) is 4. The molecular formula is C31H35F2N3O4S. The number of nitrogens with one attached hydrogen (secondary N) is 1. The Morgan fingerprint density at radius 3 is 2.24 bits per heavy atom. The van der Waals surface area contributed by atoms with E-state index in [4.69, 9.17) is 0 Å². The van der Waals surface area contributed by atoms with Crippen LogP contribution in [0.4, 0.5) is 14.5 Å². The van der Waals surface area contributed by atoms with Crippen LogP contribution in [0.3, 0.4) is 0 Å². The molecule has 1 atom stereocenters. The van der Waals surface area contributed by atoms with E-state index >= 15 is 0 Å². The Bertz CT molecular complexity index is 1480. The molecular weight excluding hydrogens is 548 g/mol. The van der Waals surface area contributed by atoms with Crippen LogP contribution < -0.4 is 9.62 Å². The molecule has 1 fully saturated rings. The van der Waals surface area contributed by atoms with E-state index in [0.29, 0.717) is 0 Å². The normalized spacial score (nSPS) is 14.4. The van der Waals surface area contributed by atoms with E-state index < -0.39 is 40.2 Å². The molecule has 0 aliphatic heterocycles. The monoisotopic (exact) mass is 583 g/mol. The van der Waals surface area contributed by atoms with E-state index in [-0.39, 0.29) is 30.6 Å². The fourth-order valence-corrected chi connectivity index (χ4v) is 6.02. The van der Waals surface area contributed by atoms with E-state index in [1.807, 2.05) is 61.5 Å². The van der Waals surface area contributed by atoms with Crippen molar-refractivity contribution in [1.82, 2.24) is 10.2 Å². The van der Waals surface area contributed by atoms with Gasteiger partial charge in [0.1, 0.15) is 12.6 Å². The van der Waals surface area contributed by atoms with Crippen LogP contribution in [0.5, 0.6) is 0 Å². The summed E-state index contributed by atoms with van der Waals surface area (Å²) in [6, 6.07) is 18.5. The van der Waals surface area contributed by atoms with Crippen LogP contribution in [0.25, 0.3) is 0 Å². The SMILES string of the molecule is Cc1cccc(CN(C(=O)CN(c2ccc(F)c(F)c2)S(C)(=O)=O)C(Cc2ccccc2)C(=O)NC2CCCC2)c1. The summed E-state index contributed by atoms with van der Waals surface area (Å²) in [5, 5.41) is 3.10. The standard InChI is InChI=1S/C31H35F2N3O4S/c1-22-9-8-12-24(17-22)20-35(30(37)21-36(41(2,39)40)26-15-16-27(32)28(33)19-26)29(18-23-10-4-3-5-11-23)31(38)34-25-13-6-7-14-25/h3-5,8-12,15-17,19,25,29H,6-7,13-14,18,20-21H2,1-2H3,(H,34,38). The number of benzene rings is 3. The Morgan fingerprint density at radius 1 is 0.927 bits per heavy atom. The van der Waals surface area contributed by atoms with Gasteiger partial charge in [-0.2, -0.15) is 0 Å². The molecule has 1 N–H and O–H groups in total. The summed E-state index contributed by atoms with van der Waals surface area (Å²) in [5.74, 6) is -3.34. The summed E-state index contributed by atoms with van der Waals surface area (Å²) in [7, 11) is -4.08. The Balaban J connectivity index is 1.73. The molecule has 0 saturated heterocycles. The third-order valence-corrected chi connectivity index (χ3v) is 8.42. The molecule has 1 aliphatic carbocycles. The molecule has 0 radical (unpaired) electrons. The van der Waals surface area contributed by atoms with Gasteiger partial charge in [-0.25, -0.2) is 17.2 Å². The topological polar surface area (TPSA) is 86.8 Å². The minimum Gasteiger partial charge on any atom is -0.352 e. The molecule has 2 amide bonds. The van der Waals surface area contributed by atoms with Crippen LogP contribution in [-0.2, 0) is 32.6 Å². The maximum absolute atomic E-state index is 14.1. The zero-order valence-electron chi connectivity index (χ0n) is 23.2. The Morgan fingerprint density at radius 2 is 1.61 bits per heavy atom. The highest BCUT2D eigenvalue weighted by Crippen LogP contribution is 2.23. The molecule has 0 bridgehead atoms. The van der Waals surface area contributed by atoms with Crippen molar-refractivity contribution in [1.29, 1.82) is 0 Å². The van der Waals surface area contributed by atoms with Crippen LogP contribution in [0.15, 0.2) is 72.8 Å². The number of sulfonamides is 1. The third-order valence-electron chi connectivity index (χ3n) is 7.28. The van der Waals surface area contributed by atoms with Crippen molar-refractivity contribution in [3.63, 3.8) is 0 Å². The molecule has 0 aromatic heterocycles. The zero-order valence-corrected chi connectivity index (χ0v) is 24.0. The molecule has 3 aromatic rings. The minimum atomic E-state index is -4.08. The van der Waals surface area contributed by atoms with Crippen molar-refractivity contribution in [2.75, 3.05) is 17.1 Å². The average Bonchev–Trinajstić information content (AvgIpc) is 3.44. The lowest BCUT2D eigenvalue weighted by Crippen LogP contribution is -2.54. The zero-order chi connectivity index (χ0) is 29.6. The summed E-state index contributed by atoms with van der Waals surface area (Å²) in [4.78, 5) is 29.3. The van der Waals surface area contributed by atoms with Crippen LogP contribution in [0.1, 0.15) is 42.4 Å². The summed E-state index contributed by atoms with van der Waals surface area (Å²) < 4.78 is 54.0. The number of amides is 2. The highest BCUT2D eigenvalue weighted by atomic mass is 32.2. The van der Waals surface area contributed by atoms with Gasteiger partial charge in [0, 0.05) is 25.1 Å². The van der Waals surface area contributed by atoms with Crippen molar-refractivity contribution in [2.24, 2.45) is 0 Å². The molecule has 7 nitrogen and oxygen atoms in total. The van der Waals surface area contributed by atoms with Gasteiger partial charge >= 0.3 is 0 Å². The van der Waals surface area contributed by atoms with Gasteiger partial charge in [-0.1, -0.05) is 73.0 Å². The first-order valence-electron chi connectivity index (χ1n) is 13.6. The summed E-state index contributed by atoms with van der Waals surface area (Å²) in [6.45, 7) is 1.27. The fourth-order valence-electron chi connectivity index (χ4n) is 5.18. The van der Waals surface area contributed by atoms with E-state index in [9.17, 15) is 26.8 Å². The number of halogens is 2. The number of carbonyl (C=O) groups excluding carboxylic acids is 2. The predicted octanol–water partition coefficient (Wildman–Crippen LogP) is 4.74. The first-order valence-corrected chi connectivity index (χ1v) is 15.5. The lowest BCUT2D eigenvalue weighted by molar-refractivity contribution is -0.140. The van der Waals surface area contributed by atoms with Crippen LogP contribution in [-0.4, -0.2) is 50.0 Å². The average molecular weight is 584 g/mol. The first kappa shape index (κ1) is 30.2. The van der Waals surface area contributed by atoms with Gasteiger partial charge < -0.3 is 10.2 Å². The highest BCUT2D eigenvalue weighted by molar-refractivity contribution is 7.92. The lowest BCUT2D eigenvalue weighted by Gasteiger charge is -2.34. The Labute approximate surface area is 240 Å². The molecule has 41 heavy (non-hydrogen) atoms. The highest BCUT2D eigenvalue weighted by Gasteiger charge is 2.34. The minimum absolute atomic E-state index is 0.00593. The van der Waals surface area contributed by atoms with E-state index in [0.717, 1.165) is 71.1 Å². The van der Waals surface area contributed by atoms with Gasteiger partial charge in [0.2, 0.25) is 21.8 Å². The van der Waals surface area contributed by atoms with Gasteiger partial charge in [0.25, 0.3) is 0 Å². The molecule has 1 aliphatic rings. The van der Waals surface area contributed by atoms with Gasteiger partial charge in [-0.3, -0.25) is 13.9 Å². The van der Waals surface area contributed by atoms with E-state index in [2.05, 4.69) is 5.32 Å². The van der Waals surface area contributed by atoms with E-state index in [1.54, 1.807) is 0 Å². The van der Waals surface area contributed by atoms with E-state index in [1.165, 1.54) is 4.90 Å². The number of carbonyl (C=O) groups is 2. The number of aryl methyl sites for hydroxylation is 1. The van der Waals surface area contributed by atoms with Crippen molar-refractivity contribution in [3.8, 4) is 0 Å². The lowest BCUT2D eigenvalue weighted by atomic mass is 10.0. The van der Waals surface area contributed by atoms with Gasteiger partial charge in [0.05, 0.1) is 11.9 Å². The van der Waals surface area contributed by atoms with Crippen molar-refractivity contribution < 1.29 is 26.8 Å². The Hall–Kier alpha value is -3.79. The summed E-state index contributed by atoms with van der Waals surface area (Å²) in [6.07, 6.45) is 4.83. The maximum Gasteiger partial charge on any atom is 0.244 e. The van der Waals surface area contributed by atoms with Crippen molar-refractivity contribution in [3.05, 3.63) is 101 Å². The maximum atomic E-state index is 14.1. The van der Waals surface area contributed by atoms with Gasteiger partial charge in [-0.05, 0) is 43.0 Å². The van der Waals surface area contributed by atoms with Gasteiger partial charge in [-0.15, -0.1) is 0 Å².